The summed E-state index contributed by atoms with van der Waals surface area (Å²) in [6.45, 7) is 11.0. The van der Waals surface area contributed by atoms with Crippen molar-refractivity contribution >= 4 is 28.9 Å². The minimum Gasteiger partial charge on any atom is -0.388 e. The minimum absolute atomic E-state index is 0.204. The molecule has 0 bridgehead atoms. The molecule has 1 unspecified atom stereocenters. The molecule has 1 atom stereocenters. The maximum Gasteiger partial charge on any atom is 0.122 e. The molecule has 3 aromatic carbocycles. The third kappa shape index (κ3) is 12.0. The van der Waals surface area contributed by atoms with Crippen LogP contribution in [-0.4, -0.2) is 44.9 Å². The van der Waals surface area contributed by atoms with Gasteiger partial charge in [-0.25, -0.2) is 0 Å². The molecule has 0 spiro atoms. The molecule has 1 aliphatic heterocycles. The molecule has 1 N–H and O–H groups in total. The van der Waals surface area contributed by atoms with Gasteiger partial charge in [-0.15, -0.1) is 0 Å². The monoisotopic (exact) mass is 603 g/mol. The van der Waals surface area contributed by atoms with Crippen LogP contribution in [0.3, 0.4) is 0 Å². The van der Waals surface area contributed by atoms with Crippen LogP contribution in [0.25, 0.3) is 5.57 Å². The minimum atomic E-state index is 0.204. The molecule has 4 heteroatoms. The van der Waals surface area contributed by atoms with Gasteiger partial charge in [0.15, 0.2) is 0 Å². The van der Waals surface area contributed by atoms with Crippen LogP contribution in [0.4, 0.5) is 17.1 Å². The summed E-state index contributed by atoms with van der Waals surface area (Å²) in [6, 6.07) is 28.4. The zero-order valence-electron chi connectivity index (χ0n) is 27.9. The summed E-state index contributed by atoms with van der Waals surface area (Å²) in [5.74, 6) is 0.859. The topological polar surface area (TPSA) is 35.6 Å². The molecular weight excluding hydrogens is 550 g/mol. The van der Waals surface area contributed by atoms with Crippen LogP contribution >= 0.6 is 0 Å². The molecular formula is C41H53N3O. The van der Waals surface area contributed by atoms with E-state index < -0.39 is 0 Å². The summed E-state index contributed by atoms with van der Waals surface area (Å²) in [7, 11) is 4.16. The summed E-state index contributed by atoms with van der Waals surface area (Å²) in [5.41, 5.74) is 7.79. The van der Waals surface area contributed by atoms with Gasteiger partial charge in [0, 0.05) is 42.6 Å². The van der Waals surface area contributed by atoms with Crippen LogP contribution in [0.5, 0.6) is 0 Å². The molecule has 4 nitrogen and oxygen atoms in total. The first kappa shape index (κ1) is 35.3. The molecule has 0 amide bonds. The Morgan fingerprint density at radius 3 is 2.42 bits per heavy atom. The van der Waals surface area contributed by atoms with E-state index in [0.29, 0.717) is 5.92 Å². The van der Waals surface area contributed by atoms with E-state index in [9.17, 15) is 4.79 Å². The smallest absolute Gasteiger partial charge is 0.122 e. The lowest BCUT2D eigenvalue weighted by molar-refractivity contribution is -0.110. The second-order valence-electron chi connectivity index (χ2n) is 11.9. The number of rotatable bonds is 13. The van der Waals surface area contributed by atoms with Gasteiger partial charge < -0.3 is 19.9 Å². The Labute approximate surface area is 272 Å². The number of hydrogen-bond donors (Lipinski definition) is 1. The van der Waals surface area contributed by atoms with Crippen LogP contribution in [-0.2, 0) is 4.79 Å². The maximum absolute atomic E-state index is 9.50. The number of nitrogens with zero attached hydrogens (tertiary/aromatic N) is 2. The number of para-hydroxylation sites is 2. The van der Waals surface area contributed by atoms with Gasteiger partial charge in [-0.3, -0.25) is 0 Å². The highest BCUT2D eigenvalue weighted by Gasteiger charge is 2.19. The number of nitrogens with one attached hydrogen (secondary N) is 1. The first-order valence-corrected chi connectivity index (χ1v) is 16.4. The number of carbonyl (C=O) groups excluding carboxylic acids is 1. The third-order valence-electron chi connectivity index (χ3n) is 8.18. The Morgan fingerprint density at radius 2 is 1.69 bits per heavy atom. The molecule has 1 saturated heterocycles. The fourth-order valence-corrected chi connectivity index (χ4v) is 5.67. The number of hydrogen-bond acceptors (Lipinski definition) is 4. The summed E-state index contributed by atoms with van der Waals surface area (Å²) in [6.07, 6.45) is 19.2. The van der Waals surface area contributed by atoms with Gasteiger partial charge in [-0.05, 0) is 99.1 Å². The predicted octanol–water partition coefficient (Wildman–Crippen LogP) is 10.1. The normalized spacial score (nSPS) is 15.8. The molecule has 45 heavy (non-hydrogen) atoms. The number of allylic oxidation sites excluding steroid dienone is 7. The van der Waals surface area contributed by atoms with Crippen molar-refractivity contribution in [3.63, 3.8) is 0 Å². The third-order valence-corrected chi connectivity index (χ3v) is 8.18. The number of anilines is 3. The van der Waals surface area contributed by atoms with E-state index in [4.69, 9.17) is 0 Å². The maximum atomic E-state index is 9.50. The molecule has 3 aromatic rings. The Hall–Kier alpha value is -4.15. The van der Waals surface area contributed by atoms with Crippen molar-refractivity contribution < 1.29 is 4.79 Å². The number of benzene rings is 3. The summed E-state index contributed by atoms with van der Waals surface area (Å²) >= 11 is 0. The highest BCUT2D eigenvalue weighted by Crippen LogP contribution is 2.34. The van der Waals surface area contributed by atoms with E-state index in [0.717, 1.165) is 25.7 Å². The summed E-state index contributed by atoms with van der Waals surface area (Å²) < 4.78 is 0. The van der Waals surface area contributed by atoms with Gasteiger partial charge in [-0.2, -0.15) is 0 Å². The van der Waals surface area contributed by atoms with Gasteiger partial charge in [0.05, 0.1) is 0 Å². The average Bonchev–Trinajstić information content (AvgIpc) is 3.33. The van der Waals surface area contributed by atoms with Crippen molar-refractivity contribution in [2.24, 2.45) is 5.92 Å². The Bertz CT molecular complexity index is 1390. The van der Waals surface area contributed by atoms with E-state index in [2.05, 4.69) is 126 Å². The molecule has 0 aliphatic carbocycles. The molecule has 1 fully saturated rings. The van der Waals surface area contributed by atoms with Gasteiger partial charge >= 0.3 is 0 Å². The molecule has 0 aromatic heterocycles. The summed E-state index contributed by atoms with van der Waals surface area (Å²) in [4.78, 5) is 14.5. The van der Waals surface area contributed by atoms with Gasteiger partial charge in [0.2, 0.25) is 0 Å². The molecule has 0 saturated carbocycles. The fraction of sp³-hybridized carbons (Fsp3) is 0.341. The molecule has 0 radical (unpaired) electrons. The van der Waals surface area contributed by atoms with Crippen LogP contribution in [0.1, 0.15) is 63.0 Å². The second-order valence-corrected chi connectivity index (χ2v) is 11.9. The van der Waals surface area contributed by atoms with Crippen LogP contribution < -0.4 is 10.2 Å². The molecule has 238 valence electrons. The Morgan fingerprint density at radius 1 is 0.956 bits per heavy atom. The van der Waals surface area contributed by atoms with Crippen molar-refractivity contribution in [1.82, 2.24) is 4.90 Å². The van der Waals surface area contributed by atoms with E-state index >= 15 is 0 Å². The van der Waals surface area contributed by atoms with Crippen molar-refractivity contribution in [1.29, 1.82) is 0 Å². The van der Waals surface area contributed by atoms with E-state index in [1.165, 1.54) is 66.1 Å². The first-order valence-electron chi connectivity index (χ1n) is 16.4. The highest BCUT2D eigenvalue weighted by atomic mass is 16.1. The van der Waals surface area contributed by atoms with E-state index in [1.54, 1.807) is 0 Å². The fourth-order valence-electron chi connectivity index (χ4n) is 5.67. The van der Waals surface area contributed by atoms with Gasteiger partial charge in [-0.1, -0.05) is 105 Å². The van der Waals surface area contributed by atoms with Crippen LogP contribution in [0, 0.1) is 5.92 Å². The largest absolute Gasteiger partial charge is 0.388 e. The quantitative estimate of drug-likeness (QED) is 0.156. The van der Waals surface area contributed by atoms with Crippen LogP contribution in [0.2, 0.25) is 0 Å². The van der Waals surface area contributed by atoms with Crippen LogP contribution in [0.15, 0.2) is 122 Å². The van der Waals surface area contributed by atoms with E-state index in [1.807, 2.05) is 39.1 Å². The highest BCUT2D eigenvalue weighted by molar-refractivity contribution is 5.80. The number of likely N-dealkylation sites (tertiary alicyclic amines) is 1. The lowest BCUT2D eigenvalue weighted by Gasteiger charge is -2.24. The van der Waals surface area contributed by atoms with Gasteiger partial charge in [0.1, 0.15) is 6.29 Å². The molecule has 1 aliphatic rings. The zero-order chi connectivity index (χ0) is 32.3. The molecule has 1 heterocycles. The zero-order valence-corrected chi connectivity index (χ0v) is 27.9. The second kappa shape index (κ2) is 20.0. The van der Waals surface area contributed by atoms with Crippen molar-refractivity contribution in [3.05, 3.63) is 133 Å². The average molecular weight is 604 g/mol. The standard InChI is InChI=1S/C37H45N3.C4H8O/c1-4-5-6-7-9-17-32(36-24-12-13-25-37(36)39(3)35-22-10-8-11-23-35)20-16-28-40-27-15-19-31(26-29-40)33-18-14-21-34(30-33)38-2;1-4(2)3-5/h4-14,17-18,21-25,30-31,38H,1,15-16,19-20,26-29H2,2-3H3;3-4H,1-2H3/b6-5-,9-7+,32-17+;. The van der Waals surface area contributed by atoms with E-state index in [-0.39, 0.29) is 5.92 Å². The summed E-state index contributed by atoms with van der Waals surface area (Å²) in [5, 5.41) is 3.30. The first-order chi connectivity index (χ1) is 22.0. The Balaban J connectivity index is 0.00000102. The lowest BCUT2D eigenvalue weighted by Crippen LogP contribution is -2.26. The van der Waals surface area contributed by atoms with Crippen molar-refractivity contribution in [3.8, 4) is 0 Å². The SMILES string of the molecule is C=C\C=C/C=C/C=C(\CCCN1CCCC(c2cccc(NC)c2)CC1)c1ccccc1N(C)c1ccccc1.CC(C)C=O. The number of aldehydes is 1. The van der Waals surface area contributed by atoms with Crippen molar-refractivity contribution in [2.45, 2.75) is 51.9 Å². The molecule has 4 rings (SSSR count). The lowest BCUT2D eigenvalue weighted by atomic mass is 9.92. The predicted molar refractivity (Wildman–Crippen MR) is 197 cm³/mol. The van der Waals surface area contributed by atoms with Crippen molar-refractivity contribution in [2.75, 3.05) is 43.9 Å². The Kier molecular flexibility index (Phi) is 15.7. The van der Waals surface area contributed by atoms with Gasteiger partial charge in [0.25, 0.3) is 0 Å². The number of carbonyl (C=O) groups is 1.